The van der Waals surface area contributed by atoms with Crippen molar-refractivity contribution in [1.82, 2.24) is 4.98 Å². The number of rotatable bonds is 4. The van der Waals surface area contributed by atoms with Crippen LogP contribution in [0.1, 0.15) is 24.5 Å². The van der Waals surface area contributed by atoms with Crippen molar-refractivity contribution in [3.8, 4) is 6.07 Å². The molecular weight excluding hydrogens is 504 g/mol. The van der Waals surface area contributed by atoms with E-state index < -0.39 is 33.4 Å². The molecule has 0 amide bonds. The fourth-order valence-electron chi connectivity index (χ4n) is 4.67. The van der Waals surface area contributed by atoms with Gasteiger partial charge >= 0.3 is 12.1 Å². The third kappa shape index (κ3) is 3.20. The second-order valence-corrected chi connectivity index (χ2v) is 9.40. The molecule has 7 nitrogen and oxygen atoms in total. The van der Waals surface area contributed by atoms with Gasteiger partial charge in [0.25, 0.3) is 0 Å². The molecule has 11 heteroatoms. The number of fused-ring (bicyclic) bond motifs is 1. The van der Waals surface area contributed by atoms with Crippen LogP contribution in [0.3, 0.4) is 0 Å². The van der Waals surface area contributed by atoms with Crippen LogP contribution >= 0.6 is 22.6 Å². The molecule has 29 heavy (non-hydrogen) atoms. The fraction of sp³-hybridized carbons (Fsp3) is 0.611. The minimum Gasteiger partial charge on any atom is -0.481 e. The van der Waals surface area contributed by atoms with Gasteiger partial charge < -0.3 is 20.0 Å². The highest BCUT2D eigenvalue weighted by Gasteiger charge is 2.66. The first-order chi connectivity index (χ1) is 13.5. The second kappa shape index (κ2) is 6.60. The van der Waals surface area contributed by atoms with Crippen LogP contribution in [0.2, 0.25) is 0 Å². The first-order valence-electron chi connectivity index (χ1n) is 9.05. The van der Waals surface area contributed by atoms with Crippen LogP contribution in [-0.2, 0) is 11.0 Å². The van der Waals surface area contributed by atoms with E-state index in [-0.39, 0.29) is 41.9 Å². The number of nitriles is 1. The van der Waals surface area contributed by atoms with E-state index in [9.17, 15) is 28.3 Å². The van der Waals surface area contributed by atoms with Gasteiger partial charge in [-0.25, -0.2) is 4.98 Å². The Morgan fingerprint density at radius 1 is 1.48 bits per heavy atom. The molecule has 2 aliphatic heterocycles. The number of β-amino-alcohol motifs (C(OH)–C–C–N with tert-alkyl or cyclic N) is 1. The van der Waals surface area contributed by atoms with Crippen LogP contribution in [0.4, 0.5) is 24.8 Å². The van der Waals surface area contributed by atoms with Gasteiger partial charge in [-0.3, -0.25) is 4.79 Å². The van der Waals surface area contributed by atoms with Crippen molar-refractivity contribution in [1.29, 1.82) is 5.26 Å². The highest BCUT2D eigenvalue weighted by Crippen LogP contribution is 2.64. The molecule has 0 radical (unpaired) electrons. The number of hydrogen-bond acceptors (Lipinski definition) is 6. The molecule has 1 aromatic heterocycles. The van der Waals surface area contributed by atoms with Crippen LogP contribution in [0.5, 0.6) is 0 Å². The largest absolute Gasteiger partial charge is 0.481 e. The van der Waals surface area contributed by atoms with Gasteiger partial charge in [-0.15, -0.1) is 0 Å². The average molecular weight is 522 g/mol. The summed E-state index contributed by atoms with van der Waals surface area (Å²) >= 11 is 1.91. The van der Waals surface area contributed by atoms with Gasteiger partial charge in [0.1, 0.15) is 27.6 Å². The van der Waals surface area contributed by atoms with Crippen molar-refractivity contribution in [3.63, 3.8) is 0 Å². The number of halogens is 4. The maximum atomic E-state index is 13.7. The molecule has 3 heterocycles. The number of anilines is 2. The zero-order valence-electron chi connectivity index (χ0n) is 15.3. The quantitative estimate of drug-likeness (QED) is 0.356. The molecule has 1 aliphatic carbocycles. The Hall–Kier alpha value is -1.81. The average Bonchev–Trinajstić information content (AvgIpc) is 2.98. The van der Waals surface area contributed by atoms with Gasteiger partial charge in [-0.1, -0.05) is 29.5 Å². The molecule has 0 unspecified atom stereocenters. The van der Waals surface area contributed by atoms with Crippen LogP contribution in [0.25, 0.3) is 0 Å². The fourth-order valence-corrected chi connectivity index (χ4v) is 5.39. The molecule has 2 saturated heterocycles. The van der Waals surface area contributed by atoms with Gasteiger partial charge in [0.2, 0.25) is 0 Å². The van der Waals surface area contributed by atoms with E-state index in [0.717, 1.165) is 6.07 Å². The van der Waals surface area contributed by atoms with Crippen molar-refractivity contribution in [3.05, 3.63) is 17.2 Å². The summed E-state index contributed by atoms with van der Waals surface area (Å²) in [5.41, 5.74) is -1.85. The number of piperidine rings is 1. The third-order valence-electron chi connectivity index (χ3n) is 6.41. The summed E-state index contributed by atoms with van der Waals surface area (Å²) in [5, 5.41) is 28.2. The Kier molecular flexibility index (Phi) is 4.65. The number of aromatic nitrogens is 1. The lowest BCUT2D eigenvalue weighted by molar-refractivity contribution is -0.138. The van der Waals surface area contributed by atoms with Gasteiger partial charge in [-0.05, 0) is 23.3 Å². The summed E-state index contributed by atoms with van der Waals surface area (Å²) in [7, 11) is 0. The number of aliphatic carboxylic acids is 1. The standard InChI is InChI=1S/C18H18F3IN4O3/c1-17-7-25(5-11(17)10(17)3-14(28)29)13-2-9(18(19,20)21)8(4-23)16(24-13)26-6-12(27)15(26)22/h2,10-12,15,27H,3,5-7H2,1H3,(H,28,29)/t10-,11-,12+,15+,17+/m0/s1. The molecule has 3 aliphatic rings. The Bertz CT molecular complexity index is 921. The van der Waals surface area contributed by atoms with E-state index in [0.29, 0.717) is 13.1 Å². The molecule has 4 rings (SSSR count). The molecule has 3 fully saturated rings. The predicted octanol–water partition coefficient (Wildman–Crippen LogP) is 2.46. The number of nitrogens with zero attached hydrogens (tertiary/aromatic N) is 4. The maximum absolute atomic E-state index is 13.7. The topological polar surface area (TPSA) is 101 Å². The summed E-state index contributed by atoms with van der Waals surface area (Å²) in [6, 6.07) is 2.54. The molecule has 2 N–H and O–H groups in total. The summed E-state index contributed by atoms with van der Waals surface area (Å²) in [6.45, 7) is 2.91. The third-order valence-corrected chi connectivity index (χ3v) is 7.92. The van der Waals surface area contributed by atoms with E-state index >= 15 is 0 Å². The first kappa shape index (κ1) is 20.5. The van der Waals surface area contributed by atoms with Crippen LogP contribution in [0, 0.1) is 28.6 Å². The van der Waals surface area contributed by atoms with E-state index in [1.165, 1.54) is 4.90 Å². The summed E-state index contributed by atoms with van der Waals surface area (Å²) in [5.74, 6) is -0.717. The monoisotopic (exact) mass is 522 g/mol. The van der Waals surface area contributed by atoms with Crippen molar-refractivity contribution < 1.29 is 28.2 Å². The number of aliphatic hydroxyl groups is 1. The van der Waals surface area contributed by atoms with E-state index in [1.807, 2.05) is 29.5 Å². The van der Waals surface area contributed by atoms with Crippen LogP contribution in [-0.4, -0.2) is 51.0 Å². The number of carbonyl (C=O) groups is 1. The number of aliphatic hydroxyl groups excluding tert-OH is 1. The molecule has 0 spiro atoms. The summed E-state index contributed by atoms with van der Waals surface area (Å²) < 4.78 is 40.6. The minimum absolute atomic E-state index is 0.0143. The first-order valence-corrected chi connectivity index (χ1v) is 10.3. The zero-order valence-corrected chi connectivity index (χ0v) is 17.5. The number of hydrogen-bond donors (Lipinski definition) is 2. The smallest absolute Gasteiger partial charge is 0.417 e. The summed E-state index contributed by atoms with van der Waals surface area (Å²) in [6.07, 6.45) is -5.37. The minimum atomic E-state index is -4.72. The lowest BCUT2D eigenvalue weighted by atomic mass is 10.0. The molecular formula is C18H18F3IN4O3. The van der Waals surface area contributed by atoms with E-state index in [2.05, 4.69) is 4.98 Å². The van der Waals surface area contributed by atoms with Gasteiger partial charge in [-0.2, -0.15) is 18.4 Å². The molecule has 156 valence electrons. The Morgan fingerprint density at radius 2 is 2.17 bits per heavy atom. The van der Waals surface area contributed by atoms with Crippen LogP contribution < -0.4 is 9.80 Å². The second-order valence-electron chi connectivity index (χ2n) is 8.13. The lowest BCUT2D eigenvalue weighted by Crippen LogP contribution is -2.57. The van der Waals surface area contributed by atoms with Crippen molar-refractivity contribution >= 4 is 40.2 Å². The Morgan fingerprint density at radius 3 is 2.62 bits per heavy atom. The highest BCUT2D eigenvalue weighted by atomic mass is 127. The molecule has 1 saturated carbocycles. The highest BCUT2D eigenvalue weighted by molar-refractivity contribution is 14.1. The zero-order chi connectivity index (χ0) is 21.3. The predicted molar refractivity (Wildman–Crippen MR) is 105 cm³/mol. The molecule has 1 aromatic rings. The van der Waals surface area contributed by atoms with Crippen LogP contribution in [0.15, 0.2) is 6.07 Å². The van der Waals surface area contributed by atoms with E-state index in [4.69, 9.17) is 5.11 Å². The van der Waals surface area contributed by atoms with Gasteiger partial charge in [0.15, 0.2) is 5.82 Å². The number of pyridine rings is 1. The van der Waals surface area contributed by atoms with Crippen molar-refractivity contribution in [2.24, 2.45) is 17.3 Å². The normalized spacial score (nSPS) is 33.1. The molecule has 0 bridgehead atoms. The lowest BCUT2D eigenvalue weighted by Gasteiger charge is -2.43. The number of alkyl halides is 4. The Balaban J connectivity index is 1.69. The molecule has 5 atom stereocenters. The molecule has 0 aromatic carbocycles. The Labute approximate surface area is 178 Å². The number of carboxylic acid groups (broad SMARTS) is 1. The summed E-state index contributed by atoms with van der Waals surface area (Å²) in [4.78, 5) is 18.6. The van der Waals surface area contributed by atoms with Gasteiger partial charge in [0, 0.05) is 26.1 Å². The van der Waals surface area contributed by atoms with Crippen molar-refractivity contribution in [2.45, 2.75) is 29.7 Å². The SMILES string of the molecule is C[C@]12CN(c3cc(C(F)(F)F)c(C#N)c(N4C[C@@H](O)[C@@H]4I)n3)C[C@H]1[C@@H]2CC(=O)O. The number of carboxylic acids is 1. The van der Waals surface area contributed by atoms with E-state index in [1.54, 1.807) is 11.0 Å². The van der Waals surface area contributed by atoms with Crippen molar-refractivity contribution in [2.75, 3.05) is 29.4 Å². The maximum Gasteiger partial charge on any atom is 0.417 e. The van der Waals surface area contributed by atoms with Gasteiger partial charge in [0.05, 0.1) is 5.56 Å².